The van der Waals surface area contributed by atoms with Crippen molar-refractivity contribution < 1.29 is 9.53 Å². The zero-order valence-corrected chi connectivity index (χ0v) is 11.7. The number of hydrogen-bond acceptors (Lipinski definition) is 4. The molecule has 0 unspecified atom stereocenters. The molecule has 0 spiro atoms. The van der Waals surface area contributed by atoms with Crippen molar-refractivity contribution in [3.05, 3.63) is 32.1 Å². The van der Waals surface area contributed by atoms with Crippen LogP contribution in [0, 0.1) is 4.91 Å². The Bertz CT molecular complexity index is 469. The van der Waals surface area contributed by atoms with E-state index in [0.29, 0.717) is 5.01 Å². The van der Waals surface area contributed by atoms with E-state index in [4.69, 9.17) is 51.1 Å². The number of nitroso groups, excluding NO2 is 1. The van der Waals surface area contributed by atoms with Crippen LogP contribution in [0.4, 0.5) is 4.79 Å². The topological polar surface area (TPSA) is 59.0 Å². The van der Waals surface area contributed by atoms with Crippen LogP contribution in [0.15, 0.2) is 17.4 Å². The molecule has 18 heavy (non-hydrogen) atoms. The molecule has 1 aromatic rings. The van der Waals surface area contributed by atoms with Gasteiger partial charge in [0, 0.05) is 11.9 Å². The van der Waals surface area contributed by atoms with Crippen molar-refractivity contribution in [1.29, 1.82) is 0 Å². The summed E-state index contributed by atoms with van der Waals surface area (Å²) in [7, 11) is 0. The van der Waals surface area contributed by atoms with E-state index >= 15 is 0 Å². The molecular formula is C9H6Cl4N2O3. The summed E-state index contributed by atoms with van der Waals surface area (Å²) < 4.78 is 4.85. The highest BCUT2D eigenvalue weighted by molar-refractivity contribution is 6.43. The van der Waals surface area contributed by atoms with E-state index in [1.54, 1.807) is 0 Å². The monoisotopic (exact) mass is 330 g/mol. The minimum atomic E-state index is -1.01. The molecule has 0 fully saturated rings. The summed E-state index contributed by atoms with van der Waals surface area (Å²) in [5.41, 5.74) is 0. The van der Waals surface area contributed by atoms with Crippen LogP contribution < -0.4 is 4.74 Å². The van der Waals surface area contributed by atoms with Gasteiger partial charge in [0.05, 0.1) is 26.9 Å². The lowest BCUT2D eigenvalue weighted by atomic mass is 10.3. The van der Waals surface area contributed by atoms with Crippen LogP contribution in [0.1, 0.15) is 0 Å². The predicted molar refractivity (Wildman–Crippen MR) is 70.7 cm³/mol. The molecule has 5 nitrogen and oxygen atoms in total. The van der Waals surface area contributed by atoms with Gasteiger partial charge in [0.15, 0.2) is 5.75 Å². The van der Waals surface area contributed by atoms with Crippen molar-refractivity contribution in [2.45, 2.75) is 0 Å². The van der Waals surface area contributed by atoms with Crippen molar-refractivity contribution in [2.75, 3.05) is 12.4 Å². The highest BCUT2D eigenvalue weighted by Gasteiger charge is 2.18. The smallest absolute Gasteiger partial charge is 0.407 e. The van der Waals surface area contributed by atoms with Gasteiger partial charge in [-0.25, -0.2) is 4.79 Å². The quantitative estimate of drug-likeness (QED) is 0.356. The van der Waals surface area contributed by atoms with Crippen molar-refractivity contribution in [2.24, 2.45) is 5.29 Å². The maximum Gasteiger partial charge on any atom is 0.438 e. The van der Waals surface area contributed by atoms with Crippen LogP contribution in [0.5, 0.6) is 5.75 Å². The number of nitrogens with zero attached hydrogens (tertiary/aromatic N) is 2. The Labute approximate surface area is 122 Å². The van der Waals surface area contributed by atoms with Gasteiger partial charge in [-0.1, -0.05) is 34.8 Å². The third-order valence-electron chi connectivity index (χ3n) is 1.78. The van der Waals surface area contributed by atoms with Crippen LogP contribution in [-0.4, -0.2) is 23.5 Å². The molecule has 9 heteroatoms. The molecule has 1 rings (SSSR count). The molecule has 0 N–H and O–H groups in total. The first-order chi connectivity index (χ1) is 8.49. The molecule has 0 aliphatic rings. The van der Waals surface area contributed by atoms with Gasteiger partial charge in [-0.15, -0.1) is 16.5 Å². The molecule has 1 aromatic carbocycles. The molecule has 98 valence electrons. The number of ether oxygens (including phenoxy) is 1. The summed E-state index contributed by atoms with van der Waals surface area (Å²) in [4.78, 5) is 21.9. The first kappa shape index (κ1) is 15.3. The maximum atomic E-state index is 11.5. The second-order valence-corrected chi connectivity index (χ2v) is 4.56. The molecule has 0 saturated carbocycles. The van der Waals surface area contributed by atoms with E-state index in [1.807, 2.05) is 0 Å². The summed E-state index contributed by atoms with van der Waals surface area (Å²) in [6, 6.07) is 2.57. The van der Waals surface area contributed by atoms with Crippen molar-refractivity contribution >= 4 is 52.5 Å². The molecule has 0 atom stereocenters. The Kier molecular flexibility index (Phi) is 5.95. The first-order valence-electron chi connectivity index (χ1n) is 4.52. The number of hydrogen-bond donors (Lipinski definition) is 0. The maximum absolute atomic E-state index is 11.5. The summed E-state index contributed by atoms with van der Waals surface area (Å²) in [5.74, 6) is 0.00921. The highest BCUT2D eigenvalue weighted by Crippen LogP contribution is 2.34. The second-order valence-electron chi connectivity index (χ2n) is 2.96. The molecule has 0 aromatic heterocycles. The standard InChI is InChI=1S/C9H6Cl4N2O3/c10-1-2-15(14-17)9(16)18-8-4-6(12)5(11)3-7(8)13/h3-4H,1-2H2. The Morgan fingerprint density at radius 2 is 1.83 bits per heavy atom. The van der Waals surface area contributed by atoms with Gasteiger partial charge in [-0.3, -0.25) is 0 Å². The van der Waals surface area contributed by atoms with Crippen molar-refractivity contribution in [3.63, 3.8) is 0 Å². The zero-order chi connectivity index (χ0) is 13.7. The van der Waals surface area contributed by atoms with E-state index in [0.717, 1.165) is 0 Å². The molecule has 0 bridgehead atoms. The Balaban J connectivity index is 2.87. The predicted octanol–water partition coefficient (Wildman–Crippen LogP) is 4.37. The summed E-state index contributed by atoms with van der Waals surface area (Å²) in [6.45, 7) is -0.0805. The fraction of sp³-hybridized carbons (Fsp3) is 0.222. The highest BCUT2D eigenvalue weighted by atomic mass is 35.5. The molecule has 0 aliphatic heterocycles. The largest absolute Gasteiger partial charge is 0.438 e. The Morgan fingerprint density at radius 1 is 1.22 bits per heavy atom. The Hall–Kier alpha value is -0.750. The van der Waals surface area contributed by atoms with Gasteiger partial charge in [0.2, 0.25) is 0 Å². The van der Waals surface area contributed by atoms with E-state index in [1.165, 1.54) is 12.1 Å². The second kappa shape index (κ2) is 6.99. The lowest BCUT2D eigenvalue weighted by molar-refractivity contribution is 0.156. The van der Waals surface area contributed by atoms with Crippen molar-refractivity contribution in [3.8, 4) is 5.75 Å². The number of benzene rings is 1. The molecule has 0 heterocycles. The van der Waals surface area contributed by atoms with Gasteiger partial charge in [-0.05, 0) is 6.07 Å². The minimum absolute atomic E-state index is 0.0284. The van der Waals surface area contributed by atoms with E-state index in [2.05, 4.69) is 5.29 Å². The average molecular weight is 332 g/mol. The van der Waals surface area contributed by atoms with E-state index in [9.17, 15) is 9.70 Å². The van der Waals surface area contributed by atoms with Gasteiger partial charge in [-0.2, -0.15) is 5.01 Å². The number of halogens is 4. The third kappa shape index (κ3) is 3.88. The SMILES string of the molecule is O=NN(CCCl)C(=O)Oc1cc(Cl)c(Cl)cc1Cl. The lowest BCUT2D eigenvalue weighted by Gasteiger charge is -2.12. The van der Waals surface area contributed by atoms with Crippen LogP contribution in [0.2, 0.25) is 15.1 Å². The third-order valence-corrected chi connectivity index (χ3v) is 2.96. The minimum Gasteiger partial charge on any atom is -0.407 e. The number of carbonyl (C=O) groups excluding carboxylic acids is 1. The fourth-order valence-corrected chi connectivity index (χ4v) is 1.71. The van der Waals surface area contributed by atoms with E-state index < -0.39 is 6.09 Å². The zero-order valence-electron chi connectivity index (χ0n) is 8.70. The summed E-state index contributed by atoms with van der Waals surface area (Å²) in [5, 5.41) is 3.44. The van der Waals surface area contributed by atoms with Gasteiger partial charge in [0.1, 0.15) is 0 Å². The van der Waals surface area contributed by atoms with Crippen molar-refractivity contribution in [1.82, 2.24) is 5.01 Å². The molecule has 0 aliphatic carbocycles. The molecule has 1 amide bonds. The van der Waals surface area contributed by atoms with Crippen LogP contribution >= 0.6 is 46.4 Å². The number of alkyl halides is 1. The van der Waals surface area contributed by atoms with E-state index in [-0.39, 0.29) is 33.2 Å². The molecule has 0 saturated heterocycles. The lowest BCUT2D eigenvalue weighted by Crippen LogP contribution is -2.30. The van der Waals surface area contributed by atoms with Gasteiger partial charge < -0.3 is 4.74 Å². The summed E-state index contributed by atoms with van der Waals surface area (Å²) in [6.07, 6.45) is -1.01. The normalized spacial score (nSPS) is 10.0. The summed E-state index contributed by atoms with van der Waals surface area (Å²) >= 11 is 22.6. The first-order valence-corrected chi connectivity index (χ1v) is 6.19. The average Bonchev–Trinajstić information content (AvgIpc) is 2.32. The number of rotatable bonds is 4. The molecular weight excluding hydrogens is 326 g/mol. The fourth-order valence-electron chi connectivity index (χ4n) is 0.975. The number of carbonyl (C=O) groups is 1. The Morgan fingerprint density at radius 3 is 2.39 bits per heavy atom. The number of amides is 1. The van der Waals surface area contributed by atoms with Crippen LogP contribution in [0.3, 0.4) is 0 Å². The van der Waals surface area contributed by atoms with Crippen LogP contribution in [-0.2, 0) is 0 Å². The van der Waals surface area contributed by atoms with Gasteiger partial charge >= 0.3 is 6.09 Å². The molecule has 0 radical (unpaired) electrons. The van der Waals surface area contributed by atoms with Crippen LogP contribution in [0.25, 0.3) is 0 Å². The van der Waals surface area contributed by atoms with Gasteiger partial charge in [0.25, 0.3) is 0 Å².